The van der Waals surface area contributed by atoms with Crippen molar-refractivity contribution in [2.45, 2.75) is 22.6 Å². The van der Waals surface area contributed by atoms with Crippen molar-refractivity contribution in [3.05, 3.63) is 80.5 Å². The highest BCUT2D eigenvalue weighted by molar-refractivity contribution is 8.00. The Morgan fingerprint density at radius 2 is 1.70 bits per heavy atom. The van der Waals surface area contributed by atoms with Crippen molar-refractivity contribution in [1.29, 1.82) is 0 Å². The van der Waals surface area contributed by atoms with E-state index < -0.39 is 23.6 Å². The molecule has 2 bridgehead atoms. The fraction of sp³-hybridized carbons (Fsp3) is 0.333. The van der Waals surface area contributed by atoms with E-state index >= 15 is 0 Å². The highest BCUT2D eigenvalue weighted by atomic mass is 32.2. The lowest BCUT2D eigenvalue weighted by Crippen LogP contribution is -2.42. The van der Waals surface area contributed by atoms with Crippen molar-refractivity contribution in [3.8, 4) is 0 Å². The van der Waals surface area contributed by atoms with Gasteiger partial charge in [-0.05, 0) is 54.0 Å². The monoisotopic (exact) mass is 535 g/mol. The van der Waals surface area contributed by atoms with E-state index in [0.29, 0.717) is 5.69 Å². The molecule has 0 spiro atoms. The Balaban J connectivity index is 1.18. The van der Waals surface area contributed by atoms with Crippen molar-refractivity contribution in [2.75, 3.05) is 11.9 Å². The van der Waals surface area contributed by atoms with Gasteiger partial charge >= 0.3 is 4.87 Å². The Hall–Kier alpha value is -3.24. The second-order valence-corrected chi connectivity index (χ2v) is 12.4. The molecule has 7 atom stereocenters. The van der Waals surface area contributed by atoms with Gasteiger partial charge in [0.1, 0.15) is 12.4 Å². The second kappa shape index (κ2) is 8.39. The molecule has 2 aliphatic carbocycles. The summed E-state index contributed by atoms with van der Waals surface area (Å²) in [6.45, 7) is -0.354. The number of anilines is 1. The van der Waals surface area contributed by atoms with Gasteiger partial charge in [0.2, 0.25) is 17.7 Å². The highest BCUT2D eigenvalue weighted by Crippen LogP contribution is 2.68. The molecule has 7 nitrogen and oxygen atoms in total. The lowest BCUT2D eigenvalue weighted by molar-refractivity contribution is -0.143. The number of rotatable bonds is 4. The molecule has 2 aromatic carbocycles. The number of halogens is 1. The first kappa shape index (κ1) is 22.9. The molecular formula is C27H22FN3O4S2. The number of aromatic nitrogens is 1. The van der Waals surface area contributed by atoms with Crippen LogP contribution in [-0.4, -0.2) is 39.4 Å². The van der Waals surface area contributed by atoms with Crippen molar-refractivity contribution >= 4 is 46.5 Å². The summed E-state index contributed by atoms with van der Waals surface area (Å²) in [7, 11) is 0. The van der Waals surface area contributed by atoms with E-state index in [2.05, 4.69) is 22.4 Å². The number of thioether (sulfide) groups is 1. The average molecular weight is 536 g/mol. The zero-order chi connectivity index (χ0) is 25.4. The topological polar surface area (TPSA) is 99.3 Å². The minimum absolute atomic E-state index is 0.00432. The van der Waals surface area contributed by atoms with Crippen LogP contribution >= 0.6 is 23.1 Å². The number of carbonyl (C=O) groups excluding carboxylic acids is 3. The number of H-pyrrole nitrogens is 1. The number of imide groups is 1. The third-order valence-electron chi connectivity index (χ3n) is 8.40. The SMILES string of the molecule is O=C(CN1C(=O)C2C3CC(C2C1=O)C1C3Sc2[nH]c(=O)sc2[C@@H]1c1ccccc1)Nc1ccc(F)cc1. The van der Waals surface area contributed by atoms with Crippen LogP contribution in [0.3, 0.4) is 0 Å². The van der Waals surface area contributed by atoms with E-state index in [1.165, 1.54) is 35.6 Å². The minimum atomic E-state index is -0.491. The largest absolute Gasteiger partial charge is 0.325 e. The van der Waals surface area contributed by atoms with E-state index in [0.717, 1.165) is 26.8 Å². The van der Waals surface area contributed by atoms with Gasteiger partial charge in [-0.1, -0.05) is 41.7 Å². The van der Waals surface area contributed by atoms with E-state index in [4.69, 9.17) is 0 Å². The maximum atomic E-state index is 13.6. The molecule has 3 aromatic rings. The molecule has 7 rings (SSSR count). The summed E-state index contributed by atoms with van der Waals surface area (Å²) in [6, 6.07) is 15.4. The standard InChI is InChI=1S/C27H22FN3O4S2/c28-13-6-8-14(9-7-13)29-17(32)11-31-25(33)20-15-10-16(21(20)26(31)34)22-19(15)18(12-4-2-1-3-5-12)23-24(36-22)30-27(35)37-23/h1-9,15-16,18-22H,10-11H2,(H,29,32)(H,30,35)/t15?,16?,18-,19?,20?,21?,22?/m1/s1. The minimum Gasteiger partial charge on any atom is -0.325 e. The molecule has 6 unspecified atom stereocenters. The number of aromatic amines is 1. The Morgan fingerprint density at radius 1 is 1.00 bits per heavy atom. The number of nitrogens with one attached hydrogen (secondary N) is 2. The Labute approximate surface area is 219 Å². The number of nitrogens with zero attached hydrogens (tertiary/aromatic N) is 1. The van der Waals surface area contributed by atoms with Gasteiger partial charge in [-0.2, -0.15) is 0 Å². The molecular weight excluding hydrogens is 513 g/mol. The van der Waals surface area contributed by atoms with Crippen LogP contribution in [-0.2, 0) is 14.4 Å². The van der Waals surface area contributed by atoms with Gasteiger partial charge in [-0.25, -0.2) is 4.39 Å². The molecule has 10 heteroatoms. The molecule has 3 fully saturated rings. The molecule has 4 aliphatic rings. The Morgan fingerprint density at radius 3 is 2.43 bits per heavy atom. The number of hydrogen-bond acceptors (Lipinski definition) is 6. The van der Waals surface area contributed by atoms with Crippen LogP contribution in [0.4, 0.5) is 10.1 Å². The smallest absolute Gasteiger partial charge is 0.305 e. The van der Waals surface area contributed by atoms with Crippen molar-refractivity contribution in [3.63, 3.8) is 0 Å². The Bertz CT molecular complexity index is 1490. The van der Waals surface area contributed by atoms with Crippen LogP contribution in [0.5, 0.6) is 0 Å². The van der Waals surface area contributed by atoms with Gasteiger partial charge in [0.25, 0.3) is 0 Å². The van der Waals surface area contributed by atoms with Gasteiger partial charge in [0.15, 0.2) is 0 Å². The number of amides is 3. The van der Waals surface area contributed by atoms with Crippen molar-refractivity contribution in [1.82, 2.24) is 9.88 Å². The van der Waals surface area contributed by atoms with E-state index in [-0.39, 0.29) is 52.2 Å². The molecule has 37 heavy (non-hydrogen) atoms. The summed E-state index contributed by atoms with van der Waals surface area (Å²) in [5.41, 5.74) is 1.52. The molecule has 2 saturated carbocycles. The fourth-order valence-corrected chi connectivity index (χ4v) is 10.0. The van der Waals surface area contributed by atoms with E-state index in [1.54, 1.807) is 11.8 Å². The quantitative estimate of drug-likeness (QED) is 0.497. The summed E-state index contributed by atoms with van der Waals surface area (Å²) in [4.78, 5) is 57.1. The van der Waals surface area contributed by atoms with Crippen molar-refractivity contribution < 1.29 is 18.8 Å². The molecule has 1 saturated heterocycles. The first-order valence-electron chi connectivity index (χ1n) is 12.3. The van der Waals surface area contributed by atoms with Crippen LogP contribution < -0.4 is 10.2 Å². The fourth-order valence-electron chi connectivity index (χ4n) is 7.15. The summed E-state index contributed by atoms with van der Waals surface area (Å²) >= 11 is 2.88. The normalized spacial score (nSPS) is 31.3. The van der Waals surface area contributed by atoms with Crippen LogP contribution in [0.1, 0.15) is 22.8 Å². The van der Waals surface area contributed by atoms with E-state index in [1.807, 2.05) is 18.2 Å². The zero-order valence-electron chi connectivity index (χ0n) is 19.4. The summed E-state index contributed by atoms with van der Waals surface area (Å²) in [5, 5.41) is 3.63. The predicted molar refractivity (Wildman–Crippen MR) is 137 cm³/mol. The second-order valence-electron chi connectivity index (χ2n) is 10.2. The summed E-state index contributed by atoms with van der Waals surface area (Å²) < 4.78 is 13.2. The van der Waals surface area contributed by atoms with E-state index in [9.17, 15) is 23.6 Å². The Kier molecular flexibility index (Phi) is 5.20. The molecule has 3 heterocycles. The molecule has 3 amide bonds. The zero-order valence-corrected chi connectivity index (χ0v) is 21.1. The summed E-state index contributed by atoms with van der Waals surface area (Å²) in [5.74, 6) is -2.22. The van der Waals surface area contributed by atoms with Gasteiger partial charge in [-0.3, -0.25) is 24.1 Å². The lowest BCUT2D eigenvalue weighted by Gasteiger charge is -2.43. The predicted octanol–water partition coefficient (Wildman–Crippen LogP) is 3.69. The maximum Gasteiger partial charge on any atom is 0.305 e. The summed E-state index contributed by atoms with van der Waals surface area (Å²) in [6.07, 6.45) is 0.799. The third kappa shape index (κ3) is 3.45. The van der Waals surface area contributed by atoms with Gasteiger partial charge in [-0.15, -0.1) is 11.8 Å². The molecule has 2 N–H and O–H groups in total. The first-order valence-corrected chi connectivity index (χ1v) is 14.0. The van der Waals surface area contributed by atoms with Gasteiger partial charge in [0.05, 0.1) is 16.9 Å². The number of carbonyl (C=O) groups is 3. The average Bonchev–Trinajstić information content (AvgIpc) is 3.62. The lowest BCUT2D eigenvalue weighted by atomic mass is 9.68. The number of thiazole rings is 1. The molecule has 0 radical (unpaired) electrons. The van der Waals surface area contributed by atoms with Crippen LogP contribution in [0.15, 0.2) is 64.4 Å². The molecule has 2 aliphatic heterocycles. The highest BCUT2D eigenvalue weighted by Gasteiger charge is 2.69. The molecule has 1 aromatic heterocycles. The number of hydrogen-bond donors (Lipinski definition) is 2. The number of benzene rings is 2. The first-order chi connectivity index (χ1) is 17.9. The van der Waals surface area contributed by atoms with Crippen LogP contribution in [0.2, 0.25) is 0 Å². The molecule has 188 valence electrons. The van der Waals surface area contributed by atoms with Crippen molar-refractivity contribution in [2.24, 2.45) is 29.6 Å². The van der Waals surface area contributed by atoms with Gasteiger partial charge < -0.3 is 10.3 Å². The van der Waals surface area contributed by atoms with Crippen LogP contribution in [0, 0.1) is 35.4 Å². The van der Waals surface area contributed by atoms with Gasteiger partial charge in [0, 0.05) is 21.7 Å². The maximum absolute atomic E-state index is 13.6. The van der Waals surface area contributed by atoms with Crippen LogP contribution in [0.25, 0.3) is 0 Å². The number of likely N-dealkylation sites (tertiary alicyclic amines) is 1. The number of fused-ring (bicyclic) bond motifs is 9. The third-order valence-corrected chi connectivity index (χ3v) is 11.0.